The van der Waals surface area contributed by atoms with E-state index in [1.54, 1.807) is 0 Å². The lowest BCUT2D eigenvalue weighted by atomic mass is 10.1. The second kappa shape index (κ2) is 4.47. The summed E-state index contributed by atoms with van der Waals surface area (Å²) in [6, 6.07) is 5.17. The van der Waals surface area contributed by atoms with Crippen LogP contribution in [0.15, 0.2) is 30.6 Å². The van der Waals surface area contributed by atoms with Gasteiger partial charge in [0, 0.05) is 10.6 Å². The van der Waals surface area contributed by atoms with E-state index in [4.69, 9.17) is 16.7 Å². The van der Waals surface area contributed by atoms with Gasteiger partial charge in [-0.15, -0.1) is 0 Å². The van der Waals surface area contributed by atoms with Crippen molar-refractivity contribution in [3.05, 3.63) is 47.1 Å². The average molecular weight is 253 g/mol. The van der Waals surface area contributed by atoms with Gasteiger partial charge in [0.2, 0.25) is 0 Å². The molecule has 86 valence electrons. The predicted molar refractivity (Wildman–Crippen MR) is 59.4 cm³/mol. The maximum atomic E-state index is 13.5. The van der Waals surface area contributed by atoms with Crippen LogP contribution >= 0.6 is 11.6 Å². The summed E-state index contributed by atoms with van der Waals surface area (Å²) in [5.74, 6) is -1.72. The minimum absolute atomic E-state index is 0.141. The summed E-state index contributed by atoms with van der Waals surface area (Å²) < 4.78 is 13.5. The zero-order valence-electron chi connectivity index (χ0n) is 8.39. The fraction of sp³-hybridized carbons (Fsp3) is 0. The maximum Gasteiger partial charge on any atom is 0.354 e. The van der Waals surface area contributed by atoms with Crippen molar-refractivity contribution in [1.29, 1.82) is 0 Å². The van der Waals surface area contributed by atoms with Gasteiger partial charge in [-0.05, 0) is 24.3 Å². The van der Waals surface area contributed by atoms with Gasteiger partial charge in [0.1, 0.15) is 12.1 Å². The van der Waals surface area contributed by atoms with Crippen molar-refractivity contribution in [2.24, 2.45) is 0 Å². The van der Waals surface area contributed by atoms with Crippen LogP contribution in [0.5, 0.6) is 0 Å². The number of aromatic nitrogens is 2. The molecule has 0 amide bonds. The Balaban J connectivity index is 2.56. The SMILES string of the molecule is O=C(O)c1cc(-c2cc(Cl)ccc2F)ncn1. The number of nitrogens with zero attached hydrogens (tertiary/aromatic N) is 2. The average Bonchev–Trinajstić information content (AvgIpc) is 2.32. The molecular weight excluding hydrogens is 247 g/mol. The van der Waals surface area contributed by atoms with Crippen LogP contribution in [0.4, 0.5) is 4.39 Å². The molecule has 0 aliphatic heterocycles. The molecule has 0 aliphatic rings. The number of carboxylic acids is 1. The van der Waals surface area contributed by atoms with Gasteiger partial charge >= 0.3 is 5.97 Å². The number of carbonyl (C=O) groups is 1. The Morgan fingerprint density at radius 3 is 2.76 bits per heavy atom. The second-order valence-corrected chi connectivity index (χ2v) is 3.65. The van der Waals surface area contributed by atoms with E-state index in [1.165, 1.54) is 24.3 Å². The molecule has 0 spiro atoms. The quantitative estimate of drug-likeness (QED) is 0.892. The smallest absolute Gasteiger partial charge is 0.354 e. The lowest BCUT2D eigenvalue weighted by Crippen LogP contribution is -2.01. The molecule has 0 atom stereocenters. The van der Waals surface area contributed by atoms with Crippen LogP contribution in [0.25, 0.3) is 11.3 Å². The second-order valence-electron chi connectivity index (χ2n) is 3.22. The molecule has 1 N–H and O–H groups in total. The highest BCUT2D eigenvalue weighted by atomic mass is 35.5. The molecule has 4 nitrogen and oxygen atoms in total. The summed E-state index contributed by atoms with van der Waals surface area (Å²) in [5, 5.41) is 9.11. The van der Waals surface area contributed by atoms with Gasteiger partial charge in [-0.1, -0.05) is 11.6 Å². The van der Waals surface area contributed by atoms with Crippen LogP contribution < -0.4 is 0 Å². The Bertz CT molecular complexity index is 589. The van der Waals surface area contributed by atoms with Crippen LogP contribution in [-0.4, -0.2) is 21.0 Å². The van der Waals surface area contributed by atoms with Gasteiger partial charge < -0.3 is 5.11 Å². The normalized spacial score (nSPS) is 10.2. The summed E-state index contributed by atoms with van der Waals surface area (Å²) in [6.07, 6.45) is 1.07. The molecule has 0 saturated heterocycles. The molecule has 0 unspecified atom stereocenters. The molecule has 0 radical (unpaired) electrons. The van der Waals surface area contributed by atoms with Crippen molar-refractivity contribution >= 4 is 17.6 Å². The van der Waals surface area contributed by atoms with E-state index in [0.29, 0.717) is 5.02 Å². The van der Waals surface area contributed by atoms with Crippen LogP contribution in [0.3, 0.4) is 0 Å². The molecular formula is C11H6ClFN2O2. The number of hydrogen-bond donors (Lipinski definition) is 1. The topological polar surface area (TPSA) is 63.1 Å². The largest absolute Gasteiger partial charge is 0.477 e. The third-order valence-corrected chi connectivity index (χ3v) is 2.33. The number of rotatable bonds is 2. The van der Waals surface area contributed by atoms with Gasteiger partial charge in [-0.2, -0.15) is 0 Å². The molecule has 1 heterocycles. The molecule has 6 heteroatoms. The minimum atomic E-state index is -1.20. The van der Waals surface area contributed by atoms with Gasteiger partial charge in [0.05, 0.1) is 5.69 Å². The third-order valence-electron chi connectivity index (χ3n) is 2.09. The first-order chi connectivity index (χ1) is 8.08. The fourth-order valence-electron chi connectivity index (χ4n) is 1.32. The van der Waals surface area contributed by atoms with Crippen molar-refractivity contribution in [2.75, 3.05) is 0 Å². The van der Waals surface area contributed by atoms with E-state index >= 15 is 0 Å². The number of hydrogen-bond acceptors (Lipinski definition) is 3. The van der Waals surface area contributed by atoms with E-state index in [0.717, 1.165) is 6.33 Å². The monoisotopic (exact) mass is 252 g/mol. The Kier molecular flexibility index (Phi) is 3.01. The highest BCUT2D eigenvalue weighted by Gasteiger charge is 2.11. The van der Waals surface area contributed by atoms with E-state index < -0.39 is 11.8 Å². The summed E-state index contributed by atoms with van der Waals surface area (Å²) in [6.45, 7) is 0. The number of aromatic carboxylic acids is 1. The summed E-state index contributed by atoms with van der Waals surface area (Å²) in [5.41, 5.74) is 0.120. The third kappa shape index (κ3) is 2.39. The molecule has 0 saturated carbocycles. The van der Waals surface area contributed by atoms with Gasteiger partial charge in [0.15, 0.2) is 5.69 Å². The number of carboxylic acid groups (broad SMARTS) is 1. The first-order valence-electron chi connectivity index (χ1n) is 4.58. The Hall–Kier alpha value is -2.01. The summed E-state index contributed by atoms with van der Waals surface area (Å²) >= 11 is 5.74. The van der Waals surface area contributed by atoms with Gasteiger partial charge in [-0.25, -0.2) is 19.2 Å². The molecule has 0 bridgehead atoms. The lowest BCUT2D eigenvalue weighted by Gasteiger charge is -2.03. The maximum absolute atomic E-state index is 13.5. The van der Waals surface area contributed by atoms with Crippen molar-refractivity contribution in [2.45, 2.75) is 0 Å². The molecule has 0 aliphatic carbocycles. The standard InChI is InChI=1S/C11H6ClFN2O2/c12-6-1-2-8(13)7(3-6)9-4-10(11(16)17)15-5-14-9/h1-5H,(H,16,17). The van der Waals surface area contributed by atoms with E-state index in [-0.39, 0.29) is 17.0 Å². The lowest BCUT2D eigenvalue weighted by molar-refractivity contribution is 0.0690. The van der Waals surface area contributed by atoms with E-state index in [9.17, 15) is 9.18 Å². The van der Waals surface area contributed by atoms with Crippen LogP contribution in [0.2, 0.25) is 5.02 Å². The zero-order valence-corrected chi connectivity index (χ0v) is 9.15. The summed E-state index contributed by atoms with van der Waals surface area (Å²) in [4.78, 5) is 18.1. The van der Waals surface area contributed by atoms with Crippen molar-refractivity contribution in [3.8, 4) is 11.3 Å². The molecule has 2 aromatic rings. The highest BCUT2D eigenvalue weighted by molar-refractivity contribution is 6.30. The molecule has 1 aromatic heterocycles. The van der Waals surface area contributed by atoms with Crippen molar-refractivity contribution in [1.82, 2.24) is 9.97 Å². The molecule has 2 rings (SSSR count). The Labute approximate surface area is 101 Å². The number of benzene rings is 1. The fourth-order valence-corrected chi connectivity index (χ4v) is 1.49. The molecule has 17 heavy (non-hydrogen) atoms. The van der Waals surface area contributed by atoms with Crippen molar-refractivity contribution in [3.63, 3.8) is 0 Å². The summed E-state index contributed by atoms with van der Waals surface area (Å²) in [7, 11) is 0. The van der Waals surface area contributed by atoms with Crippen LogP contribution in [-0.2, 0) is 0 Å². The highest BCUT2D eigenvalue weighted by Crippen LogP contribution is 2.24. The number of halogens is 2. The molecule has 1 aromatic carbocycles. The first-order valence-corrected chi connectivity index (χ1v) is 4.96. The Morgan fingerprint density at radius 1 is 1.29 bits per heavy atom. The predicted octanol–water partition coefficient (Wildman–Crippen LogP) is 2.63. The van der Waals surface area contributed by atoms with Crippen LogP contribution in [0.1, 0.15) is 10.5 Å². The minimum Gasteiger partial charge on any atom is -0.477 e. The van der Waals surface area contributed by atoms with E-state index in [2.05, 4.69) is 9.97 Å². The van der Waals surface area contributed by atoms with Crippen molar-refractivity contribution < 1.29 is 14.3 Å². The zero-order chi connectivity index (χ0) is 12.4. The molecule has 0 fully saturated rings. The van der Waals surface area contributed by atoms with Gasteiger partial charge in [-0.3, -0.25) is 0 Å². The first kappa shape index (κ1) is 11.5. The van der Waals surface area contributed by atoms with E-state index in [1.807, 2.05) is 0 Å². The van der Waals surface area contributed by atoms with Gasteiger partial charge in [0.25, 0.3) is 0 Å². The van der Waals surface area contributed by atoms with Crippen LogP contribution in [0, 0.1) is 5.82 Å². The Morgan fingerprint density at radius 2 is 2.06 bits per heavy atom.